The highest BCUT2D eigenvalue weighted by molar-refractivity contribution is 7.73. The van der Waals surface area contributed by atoms with E-state index in [0.29, 0.717) is 0 Å². The van der Waals surface area contributed by atoms with E-state index >= 15 is 0 Å². The summed E-state index contributed by atoms with van der Waals surface area (Å²) >= 11 is 6.90. The number of likely N-dealkylation sites (tertiary alicyclic amines) is 1. The summed E-state index contributed by atoms with van der Waals surface area (Å²) in [5, 5.41) is 8.44. The monoisotopic (exact) mass is 334 g/mol. The topological polar surface area (TPSA) is 33.1 Å². The number of nitrogens with zero attached hydrogens (tertiary/aromatic N) is 3. The lowest BCUT2D eigenvalue weighted by Gasteiger charge is -2.31. The van der Waals surface area contributed by atoms with Crippen molar-refractivity contribution in [2.75, 3.05) is 25.5 Å². The first-order valence-corrected chi connectivity index (χ1v) is 8.99. The molecule has 1 saturated heterocycles. The van der Waals surface area contributed by atoms with Crippen LogP contribution in [0.1, 0.15) is 18.4 Å². The minimum Gasteiger partial charge on any atom is -0.363 e. The van der Waals surface area contributed by atoms with E-state index in [1.807, 2.05) is 11.7 Å². The highest BCUT2D eigenvalue weighted by Gasteiger charge is 2.20. The molecule has 1 fully saturated rings. The molecular weight excluding hydrogens is 312 g/mol. The van der Waals surface area contributed by atoms with Gasteiger partial charge in [-0.2, -0.15) is 0 Å². The van der Waals surface area contributed by atoms with Crippen LogP contribution in [0.5, 0.6) is 0 Å². The molecule has 4 nitrogen and oxygen atoms in total. The quantitative estimate of drug-likeness (QED) is 0.847. The lowest BCUT2D eigenvalue weighted by Crippen LogP contribution is -2.36. The maximum Gasteiger partial charge on any atom is 0.204 e. The fourth-order valence-corrected chi connectivity index (χ4v) is 3.91. The van der Waals surface area contributed by atoms with E-state index in [0.717, 1.165) is 34.8 Å². The van der Waals surface area contributed by atoms with Gasteiger partial charge in [-0.1, -0.05) is 41.7 Å². The SMILES string of the molecule is CNc1nn(CN2CCC(Cc3ccccc3)CC2)c(=S)s1. The molecule has 1 N–H and O–H groups in total. The molecular formula is C16H22N4S2. The van der Waals surface area contributed by atoms with Crippen LogP contribution in [0.15, 0.2) is 30.3 Å². The molecule has 0 spiro atoms. The van der Waals surface area contributed by atoms with Gasteiger partial charge in [0.05, 0.1) is 6.67 Å². The van der Waals surface area contributed by atoms with Gasteiger partial charge in [-0.15, -0.1) is 5.10 Å². The van der Waals surface area contributed by atoms with Crippen molar-refractivity contribution >= 4 is 28.7 Å². The van der Waals surface area contributed by atoms with E-state index in [-0.39, 0.29) is 0 Å². The molecule has 0 amide bonds. The molecule has 0 unspecified atom stereocenters. The Morgan fingerprint density at radius 2 is 2.00 bits per heavy atom. The summed E-state index contributed by atoms with van der Waals surface area (Å²) in [6.07, 6.45) is 3.71. The van der Waals surface area contributed by atoms with Crippen LogP contribution >= 0.6 is 23.6 Å². The second kappa shape index (κ2) is 7.35. The molecule has 1 aliphatic rings. The van der Waals surface area contributed by atoms with Gasteiger partial charge in [0, 0.05) is 20.1 Å². The highest BCUT2D eigenvalue weighted by atomic mass is 32.1. The third kappa shape index (κ3) is 3.94. The van der Waals surface area contributed by atoms with Crippen LogP contribution in [0.3, 0.4) is 0 Å². The predicted molar refractivity (Wildman–Crippen MR) is 94.9 cm³/mol. The molecule has 1 aromatic heterocycles. The average molecular weight is 335 g/mol. The number of hydrogen-bond donors (Lipinski definition) is 1. The molecule has 2 aromatic rings. The second-order valence-corrected chi connectivity index (χ2v) is 7.44. The number of benzene rings is 1. The molecule has 2 heterocycles. The summed E-state index contributed by atoms with van der Waals surface area (Å²) in [5.41, 5.74) is 1.46. The molecule has 118 valence electrons. The molecule has 0 atom stereocenters. The van der Waals surface area contributed by atoms with Gasteiger partial charge in [0.1, 0.15) is 0 Å². The molecule has 1 aromatic carbocycles. The van der Waals surface area contributed by atoms with E-state index in [1.165, 1.54) is 36.2 Å². The van der Waals surface area contributed by atoms with Gasteiger partial charge in [-0.25, -0.2) is 4.68 Å². The highest BCUT2D eigenvalue weighted by Crippen LogP contribution is 2.22. The first-order valence-electron chi connectivity index (χ1n) is 7.76. The Bertz CT molecular complexity index is 642. The maximum absolute atomic E-state index is 5.37. The van der Waals surface area contributed by atoms with Crippen LogP contribution in [0.2, 0.25) is 0 Å². The average Bonchev–Trinajstić information content (AvgIpc) is 2.90. The number of rotatable bonds is 5. The van der Waals surface area contributed by atoms with Gasteiger partial charge in [-0.05, 0) is 43.0 Å². The van der Waals surface area contributed by atoms with Crippen molar-refractivity contribution < 1.29 is 0 Å². The zero-order chi connectivity index (χ0) is 15.4. The van der Waals surface area contributed by atoms with Crippen molar-refractivity contribution in [3.63, 3.8) is 0 Å². The van der Waals surface area contributed by atoms with Gasteiger partial charge in [0.25, 0.3) is 0 Å². The van der Waals surface area contributed by atoms with Crippen molar-refractivity contribution in [2.24, 2.45) is 5.92 Å². The number of aromatic nitrogens is 2. The van der Waals surface area contributed by atoms with E-state index in [9.17, 15) is 0 Å². The summed E-state index contributed by atoms with van der Waals surface area (Å²) in [4.78, 5) is 2.45. The maximum atomic E-state index is 5.37. The van der Waals surface area contributed by atoms with Crippen LogP contribution in [0.4, 0.5) is 5.13 Å². The molecule has 0 aliphatic carbocycles. The van der Waals surface area contributed by atoms with Crippen molar-refractivity contribution in [3.05, 3.63) is 39.8 Å². The van der Waals surface area contributed by atoms with Gasteiger partial charge in [-0.3, -0.25) is 4.90 Å². The third-order valence-corrected chi connectivity index (χ3v) is 5.55. The number of anilines is 1. The van der Waals surface area contributed by atoms with Crippen LogP contribution in [0.25, 0.3) is 0 Å². The Morgan fingerprint density at radius 1 is 1.27 bits per heavy atom. The summed E-state index contributed by atoms with van der Waals surface area (Å²) in [6, 6.07) is 10.8. The van der Waals surface area contributed by atoms with Gasteiger partial charge in [0.2, 0.25) is 5.13 Å². The molecule has 22 heavy (non-hydrogen) atoms. The zero-order valence-electron chi connectivity index (χ0n) is 12.9. The van der Waals surface area contributed by atoms with Gasteiger partial charge < -0.3 is 5.32 Å². The molecule has 0 radical (unpaired) electrons. The van der Waals surface area contributed by atoms with Crippen LogP contribution in [-0.4, -0.2) is 34.8 Å². The smallest absolute Gasteiger partial charge is 0.204 e. The fraction of sp³-hybridized carbons (Fsp3) is 0.500. The van der Waals surface area contributed by atoms with Gasteiger partial charge in [0.15, 0.2) is 3.95 Å². The largest absolute Gasteiger partial charge is 0.363 e. The molecule has 0 saturated carbocycles. The fourth-order valence-electron chi connectivity index (χ4n) is 2.97. The van der Waals surface area contributed by atoms with Crippen LogP contribution < -0.4 is 5.32 Å². The molecule has 0 bridgehead atoms. The van der Waals surface area contributed by atoms with Gasteiger partial charge >= 0.3 is 0 Å². The molecule has 3 rings (SSSR count). The Kier molecular flexibility index (Phi) is 5.23. The van der Waals surface area contributed by atoms with E-state index < -0.39 is 0 Å². The van der Waals surface area contributed by atoms with E-state index in [4.69, 9.17) is 12.2 Å². The summed E-state index contributed by atoms with van der Waals surface area (Å²) < 4.78 is 2.78. The minimum absolute atomic E-state index is 0.801. The Hall–Kier alpha value is -1.24. The lowest BCUT2D eigenvalue weighted by atomic mass is 9.90. The number of nitrogens with one attached hydrogen (secondary N) is 1. The summed E-state index contributed by atoms with van der Waals surface area (Å²) in [5.74, 6) is 0.801. The first-order chi connectivity index (χ1) is 10.7. The molecule has 6 heteroatoms. The van der Waals surface area contributed by atoms with Crippen molar-refractivity contribution in [1.82, 2.24) is 14.7 Å². The van der Waals surface area contributed by atoms with Crippen molar-refractivity contribution in [3.8, 4) is 0 Å². The Labute approximate surface area is 140 Å². The van der Waals surface area contributed by atoms with Crippen LogP contribution in [0, 0.1) is 9.87 Å². The summed E-state index contributed by atoms with van der Waals surface area (Å²) in [6.45, 7) is 3.08. The number of piperidine rings is 1. The van der Waals surface area contributed by atoms with Crippen molar-refractivity contribution in [2.45, 2.75) is 25.9 Å². The van der Waals surface area contributed by atoms with E-state index in [2.05, 4.69) is 45.6 Å². The standard InChI is InChI=1S/C16H22N4S2/c1-17-15-18-20(16(21)22-15)12-19-9-7-14(8-10-19)11-13-5-3-2-4-6-13/h2-6,14H,7-12H2,1H3,(H,17,18). The minimum atomic E-state index is 0.801. The first kappa shape index (κ1) is 15.6. The predicted octanol–water partition coefficient (Wildman–Crippen LogP) is 3.63. The third-order valence-electron chi connectivity index (χ3n) is 4.23. The van der Waals surface area contributed by atoms with Crippen LogP contribution in [-0.2, 0) is 13.1 Å². The second-order valence-electron chi connectivity index (χ2n) is 5.82. The zero-order valence-corrected chi connectivity index (χ0v) is 14.5. The molecule has 1 aliphatic heterocycles. The normalized spacial score (nSPS) is 16.8. The lowest BCUT2D eigenvalue weighted by molar-refractivity contribution is 0.140. The summed E-state index contributed by atoms with van der Waals surface area (Å²) in [7, 11) is 1.88. The van der Waals surface area contributed by atoms with E-state index in [1.54, 1.807) is 0 Å². The van der Waals surface area contributed by atoms with Crippen molar-refractivity contribution in [1.29, 1.82) is 0 Å². The Balaban J connectivity index is 1.51. The Morgan fingerprint density at radius 3 is 2.64 bits per heavy atom. The number of hydrogen-bond acceptors (Lipinski definition) is 5.